The normalized spacial score (nSPS) is 11.5. The van der Waals surface area contributed by atoms with Crippen LogP contribution in [0.3, 0.4) is 0 Å². The summed E-state index contributed by atoms with van der Waals surface area (Å²) in [6, 6.07) is 12.5. The molecule has 0 atom stereocenters. The Morgan fingerprint density at radius 1 is 1.13 bits per heavy atom. The Labute approximate surface area is 182 Å². The number of halogens is 1. The second-order valence-corrected chi connectivity index (χ2v) is 7.37. The second kappa shape index (κ2) is 11.2. The van der Waals surface area contributed by atoms with E-state index in [0.29, 0.717) is 25.5 Å². The van der Waals surface area contributed by atoms with E-state index in [0.717, 1.165) is 47.1 Å². The summed E-state index contributed by atoms with van der Waals surface area (Å²) < 4.78 is 13.6. The van der Waals surface area contributed by atoms with Crippen LogP contribution in [0.25, 0.3) is 10.9 Å². The number of guanidine groups is 1. The molecule has 2 aromatic carbocycles. The highest BCUT2D eigenvalue weighted by atomic mass is 19.1. The van der Waals surface area contributed by atoms with Crippen LogP contribution >= 0.6 is 0 Å². The molecule has 3 aromatic rings. The van der Waals surface area contributed by atoms with Gasteiger partial charge in [0.05, 0.1) is 6.54 Å². The highest BCUT2D eigenvalue weighted by molar-refractivity contribution is 5.90. The van der Waals surface area contributed by atoms with Gasteiger partial charge >= 0.3 is 0 Å². The van der Waals surface area contributed by atoms with Crippen molar-refractivity contribution < 1.29 is 9.18 Å². The molecule has 6 nitrogen and oxygen atoms in total. The van der Waals surface area contributed by atoms with E-state index >= 15 is 0 Å². The lowest BCUT2D eigenvalue weighted by Crippen LogP contribution is -2.38. The van der Waals surface area contributed by atoms with Crippen molar-refractivity contribution in [2.75, 3.05) is 18.4 Å². The summed E-state index contributed by atoms with van der Waals surface area (Å²) in [6.45, 7) is 5.91. The van der Waals surface area contributed by atoms with E-state index in [9.17, 15) is 9.18 Å². The molecule has 31 heavy (non-hydrogen) atoms. The van der Waals surface area contributed by atoms with Gasteiger partial charge in [-0.2, -0.15) is 0 Å². The summed E-state index contributed by atoms with van der Waals surface area (Å²) in [4.78, 5) is 19.6. The zero-order chi connectivity index (χ0) is 22.1. The molecule has 0 fully saturated rings. The summed E-state index contributed by atoms with van der Waals surface area (Å²) in [6.07, 6.45) is 4.00. The lowest BCUT2D eigenvalue weighted by molar-refractivity contribution is -0.116. The highest BCUT2D eigenvalue weighted by Gasteiger charge is 2.06. The number of H-pyrrole nitrogens is 1. The van der Waals surface area contributed by atoms with Crippen LogP contribution in [0.1, 0.15) is 37.8 Å². The molecule has 0 saturated heterocycles. The molecule has 0 bridgehead atoms. The lowest BCUT2D eigenvalue weighted by Gasteiger charge is -2.11. The summed E-state index contributed by atoms with van der Waals surface area (Å²) in [5, 5.41) is 10.4. The summed E-state index contributed by atoms with van der Waals surface area (Å²) >= 11 is 0. The number of aromatic amines is 1. The average Bonchev–Trinajstić information content (AvgIpc) is 3.14. The maximum atomic E-state index is 13.6. The van der Waals surface area contributed by atoms with Crippen molar-refractivity contribution in [3.63, 3.8) is 0 Å². The molecular weight excluding hydrogens is 393 g/mol. The number of nitrogens with one attached hydrogen (secondary N) is 4. The van der Waals surface area contributed by atoms with Gasteiger partial charge in [0.25, 0.3) is 0 Å². The van der Waals surface area contributed by atoms with Crippen LogP contribution in [0.5, 0.6) is 0 Å². The molecule has 1 aromatic heterocycles. The van der Waals surface area contributed by atoms with E-state index in [1.54, 1.807) is 12.1 Å². The van der Waals surface area contributed by atoms with Gasteiger partial charge in [-0.3, -0.25) is 4.79 Å². The number of nitrogens with zero attached hydrogens (tertiary/aromatic N) is 1. The van der Waals surface area contributed by atoms with Crippen molar-refractivity contribution in [2.24, 2.45) is 4.99 Å². The predicted octanol–water partition coefficient (Wildman–Crippen LogP) is 4.34. The summed E-state index contributed by atoms with van der Waals surface area (Å²) in [7, 11) is 0. The molecule has 4 N–H and O–H groups in total. The minimum Gasteiger partial charge on any atom is -0.361 e. The van der Waals surface area contributed by atoms with Crippen molar-refractivity contribution in [3.05, 3.63) is 65.6 Å². The predicted molar refractivity (Wildman–Crippen MR) is 125 cm³/mol. The standard InChI is InChI=1S/C24H30FN5O/c1-3-6-23(31)30-20-8-5-7-17(13-20)15-29-24(26-4-2)27-12-11-18-16-28-22-10-9-19(25)14-21(18)22/h5,7-10,13-14,16,28H,3-4,6,11-12,15H2,1-2H3,(H,30,31)(H2,26,27,29). The third-order valence-electron chi connectivity index (χ3n) is 4.87. The number of hydrogen-bond donors (Lipinski definition) is 4. The van der Waals surface area contributed by atoms with Crippen LogP contribution < -0.4 is 16.0 Å². The summed E-state index contributed by atoms with van der Waals surface area (Å²) in [5.41, 5.74) is 3.80. The van der Waals surface area contributed by atoms with Gasteiger partial charge in [0.15, 0.2) is 5.96 Å². The SMILES string of the molecule is CCCC(=O)Nc1cccc(CN=C(NCC)NCCc2c[nH]c3ccc(F)cc23)c1. The van der Waals surface area contributed by atoms with E-state index in [1.807, 2.05) is 44.3 Å². The fourth-order valence-corrected chi connectivity index (χ4v) is 3.38. The Hall–Kier alpha value is -3.35. The quantitative estimate of drug-likeness (QED) is 0.305. The van der Waals surface area contributed by atoms with Gasteiger partial charge in [-0.1, -0.05) is 19.1 Å². The van der Waals surface area contributed by atoms with Crippen LogP contribution in [-0.4, -0.2) is 29.9 Å². The molecule has 7 heteroatoms. The Morgan fingerprint density at radius 2 is 2.00 bits per heavy atom. The molecule has 0 aliphatic rings. The fraction of sp³-hybridized carbons (Fsp3) is 0.333. The van der Waals surface area contributed by atoms with E-state index in [2.05, 4.69) is 25.9 Å². The molecular formula is C24H30FN5O. The minimum atomic E-state index is -0.232. The maximum absolute atomic E-state index is 13.6. The number of anilines is 1. The summed E-state index contributed by atoms with van der Waals surface area (Å²) in [5.74, 6) is 0.508. The van der Waals surface area contributed by atoms with Gasteiger partial charge in [0, 0.05) is 42.3 Å². The zero-order valence-electron chi connectivity index (χ0n) is 18.1. The Bertz CT molecular complexity index is 1040. The highest BCUT2D eigenvalue weighted by Crippen LogP contribution is 2.19. The molecule has 0 aliphatic heterocycles. The van der Waals surface area contributed by atoms with Crippen molar-refractivity contribution in [1.29, 1.82) is 0 Å². The number of carbonyl (C=O) groups is 1. The Morgan fingerprint density at radius 3 is 2.81 bits per heavy atom. The first-order chi connectivity index (χ1) is 15.1. The number of rotatable bonds is 9. The van der Waals surface area contributed by atoms with Gasteiger partial charge in [-0.05, 0) is 61.2 Å². The first kappa shape index (κ1) is 22.3. The molecule has 0 saturated carbocycles. The van der Waals surface area contributed by atoms with Crippen molar-refractivity contribution >= 4 is 28.5 Å². The third kappa shape index (κ3) is 6.57. The topological polar surface area (TPSA) is 81.3 Å². The van der Waals surface area contributed by atoms with E-state index in [-0.39, 0.29) is 11.7 Å². The molecule has 3 rings (SSSR count). The second-order valence-electron chi connectivity index (χ2n) is 7.37. The zero-order valence-corrected chi connectivity index (χ0v) is 18.1. The van der Waals surface area contributed by atoms with Gasteiger partial charge in [0.2, 0.25) is 5.91 Å². The number of aromatic nitrogens is 1. The van der Waals surface area contributed by atoms with E-state index in [4.69, 9.17) is 0 Å². The van der Waals surface area contributed by atoms with Gasteiger partial charge in [0.1, 0.15) is 5.82 Å². The van der Waals surface area contributed by atoms with Gasteiger partial charge in [-0.25, -0.2) is 9.38 Å². The fourth-order valence-electron chi connectivity index (χ4n) is 3.38. The van der Waals surface area contributed by atoms with Gasteiger partial charge < -0.3 is 20.9 Å². The van der Waals surface area contributed by atoms with E-state index < -0.39 is 0 Å². The van der Waals surface area contributed by atoms with Crippen LogP contribution in [-0.2, 0) is 17.8 Å². The third-order valence-corrected chi connectivity index (χ3v) is 4.87. The van der Waals surface area contributed by atoms with Crippen molar-refractivity contribution in [1.82, 2.24) is 15.6 Å². The average molecular weight is 424 g/mol. The molecule has 1 amide bonds. The van der Waals surface area contributed by atoms with Crippen LogP contribution in [0.2, 0.25) is 0 Å². The Kier molecular flexibility index (Phi) is 8.04. The number of carbonyl (C=O) groups excluding carboxylic acids is 1. The number of fused-ring (bicyclic) bond motifs is 1. The lowest BCUT2D eigenvalue weighted by atomic mass is 10.1. The maximum Gasteiger partial charge on any atom is 0.224 e. The molecule has 0 unspecified atom stereocenters. The van der Waals surface area contributed by atoms with Crippen LogP contribution in [0.4, 0.5) is 10.1 Å². The number of hydrogen-bond acceptors (Lipinski definition) is 2. The molecule has 164 valence electrons. The number of benzene rings is 2. The molecule has 0 aliphatic carbocycles. The van der Waals surface area contributed by atoms with Crippen molar-refractivity contribution in [3.8, 4) is 0 Å². The monoisotopic (exact) mass is 423 g/mol. The smallest absolute Gasteiger partial charge is 0.224 e. The molecule has 0 radical (unpaired) electrons. The minimum absolute atomic E-state index is 0.0234. The largest absolute Gasteiger partial charge is 0.361 e. The first-order valence-electron chi connectivity index (χ1n) is 10.8. The number of amides is 1. The molecule has 0 spiro atoms. The number of aliphatic imine (C=N–C) groups is 1. The van der Waals surface area contributed by atoms with Crippen molar-refractivity contribution in [2.45, 2.75) is 39.7 Å². The molecule has 1 heterocycles. The Balaban J connectivity index is 1.58. The van der Waals surface area contributed by atoms with Crippen LogP contribution in [0.15, 0.2) is 53.7 Å². The van der Waals surface area contributed by atoms with E-state index in [1.165, 1.54) is 6.07 Å². The van der Waals surface area contributed by atoms with Crippen LogP contribution in [0, 0.1) is 5.82 Å². The van der Waals surface area contributed by atoms with Gasteiger partial charge in [-0.15, -0.1) is 0 Å². The first-order valence-corrected chi connectivity index (χ1v) is 10.8.